The summed E-state index contributed by atoms with van der Waals surface area (Å²) in [5.74, 6) is -0.118. The lowest BCUT2D eigenvalue weighted by Crippen LogP contribution is -2.24. The van der Waals surface area contributed by atoms with E-state index >= 15 is 0 Å². The van der Waals surface area contributed by atoms with Crippen molar-refractivity contribution in [2.75, 3.05) is 0 Å². The van der Waals surface area contributed by atoms with E-state index in [0.29, 0.717) is 5.57 Å². The van der Waals surface area contributed by atoms with E-state index in [1.54, 1.807) is 0 Å². The number of fused-ring (bicyclic) bond motifs is 1. The average Bonchev–Trinajstić information content (AvgIpc) is 2.31. The number of azo groups is 1. The molecule has 0 unspecified atom stereocenters. The fourth-order valence-electron chi connectivity index (χ4n) is 0.804. The Morgan fingerprint density at radius 2 is 2.08 bits per heavy atom. The van der Waals surface area contributed by atoms with Gasteiger partial charge < -0.3 is 5.73 Å². The van der Waals surface area contributed by atoms with Gasteiger partial charge in [-0.25, -0.2) is 0 Å². The van der Waals surface area contributed by atoms with Crippen LogP contribution in [0.1, 0.15) is 0 Å². The molecule has 0 aromatic rings. The van der Waals surface area contributed by atoms with Crippen molar-refractivity contribution in [3.63, 3.8) is 0 Å². The first-order valence-corrected chi connectivity index (χ1v) is 4.30. The number of nitrogens with zero attached hydrogens (tertiary/aromatic N) is 4. The molecule has 2 aliphatic heterocycles. The van der Waals surface area contributed by atoms with Gasteiger partial charge in [-0.1, -0.05) is 0 Å². The Bertz CT molecular complexity index is 454. The second-order valence-electron chi connectivity index (χ2n) is 2.10. The highest BCUT2D eigenvalue weighted by Gasteiger charge is 2.25. The summed E-state index contributed by atoms with van der Waals surface area (Å²) >= 11 is 0. The Morgan fingerprint density at radius 3 is 2.83 bits per heavy atom. The molecule has 0 radical (unpaired) electrons. The van der Waals surface area contributed by atoms with Crippen molar-refractivity contribution in [2.24, 2.45) is 24.8 Å². The van der Waals surface area contributed by atoms with Gasteiger partial charge in [0.15, 0.2) is 5.84 Å². The molecule has 12 heavy (non-hydrogen) atoms. The van der Waals surface area contributed by atoms with E-state index in [-0.39, 0.29) is 11.7 Å². The number of hydrogen-bond donors (Lipinski definition) is 1. The summed E-state index contributed by atoms with van der Waals surface area (Å²) < 4.78 is 28.0. The molecule has 0 fully saturated rings. The van der Waals surface area contributed by atoms with Crippen LogP contribution in [0.15, 0.2) is 30.8 Å². The third kappa shape index (κ3) is 0.925. The van der Waals surface area contributed by atoms with Crippen LogP contribution in [-0.2, 0) is 10.2 Å². The molecule has 0 aromatic carbocycles. The van der Waals surface area contributed by atoms with Crippen LogP contribution in [0.3, 0.4) is 0 Å². The second kappa shape index (κ2) is 1.97. The molecule has 62 valence electrons. The predicted molar refractivity (Wildman–Crippen MR) is 40.9 cm³/mol. The molecule has 0 atom stereocenters. The fourth-order valence-corrected chi connectivity index (χ4v) is 1.55. The molecule has 2 heterocycles. The zero-order valence-corrected chi connectivity index (χ0v) is 6.48. The van der Waals surface area contributed by atoms with Crippen molar-refractivity contribution in [2.45, 2.75) is 0 Å². The van der Waals surface area contributed by atoms with Crippen molar-refractivity contribution < 1.29 is 8.42 Å². The van der Waals surface area contributed by atoms with E-state index in [4.69, 9.17) is 5.73 Å². The van der Waals surface area contributed by atoms with Gasteiger partial charge in [0.25, 0.3) is 0 Å². The molecule has 0 aromatic heterocycles. The monoisotopic (exact) mass is 185 g/mol. The zero-order chi connectivity index (χ0) is 8.77. The molecule has 2 N–H and O–H groups in total. The summed E-state index contributed by atoms with van der Waals surface area (Å²) in [6.07, 6.45) is 1.31. The minimum absolute atomic E-state index is 0.00231. The van der Waals surface area contributed by atoms with Gasteiger partial charge in [-0.15, -0.1) is 13.9 Å². The van der Waals surface area contributed by atoms with E-state index in [1.165, 1.54) is 6.20 Å². The molecule has 0 amide bonds. The fraction of sp³-hybridized carbons (Fsp3) is 0. The lowest BCUT2D eigenvalue weighted by molar-refractivity contribution is 0.599. The highest BCUT2D eigenvalue weighted by molar-refractivity contribution is 7.89. The Kier molecular flexibility index (Phi) is 1.17. The van der Waals surface area contributed by atoms with E-state index in [2.05, 4.69) is 19.0 Å². The molecule has 0 bridgehead atoms. The third-order valence-electron chi connectivity index (χ3n) is 1.27. The van der Waals surface area contributed by atoms with Gasteiger partial charge in [0.2, 0.25) is 5.84 Å². The standard InChI is InChI=1S/C4H3N5O2S/c5-3-2-1-6-7-4(2)9-12(10,11)8-3/h1H,(H2,5,8). The van der Waals surface area contributed by atoms with Crippen LogP contribution < -0.4 is 5.73 Å². The molecule has 0 aliphatic carbocycles. The van der Waals surface area contributed by atoms with Gasteiger partial charge in [0, 0.05) is 0 Å². The van der Waals surface area contributed by atoms with Crippen LogP contribution in [-0.4, -0.2) is 20.1 Å². The zero-order valence-electron chi connectivity index (χ0n) is 5.67. The third-order valence-corrected chi connectivity index (χ3v) is 2.10. The minimum atomic E-state index is -3.83. The average molecular weight is 185 g/mol. The number of nitrogens with two attached hydrogens (primary N) is 1. The topological polar surface area (TPSA) is 110 Å². The first-order chi connectivity index (χ1) is 5.58. The first kappa shape index (κ1) is 7.10. The highest BCUT2D eigenvalue weighted by atomic mass is 32.2. The van der Waals surface area contributed by atoms with Gasteiger partial charge in [-0.05, 0) is 0 Å². The van der Waals surface area contributed by atoms with E-state index in [1.807, 2.05) is 0 Å². The molecule has 0 saturated carbocycles. The Morgan fingerprint density at radius 1 is 1.33 bits per heavy atom. The summed E-state index contributed by atoms with van der Waals surface area (Å²) in [5, 5.41) is 6.90. The van der Waals surface area contributed by atoms with Crippen LogP contribution in [0.25, 0.3) is 0 Å². The largest absolute Gasteiger partial charge is 0.382 e. The van der Waals surface area contributed by atoms with Crippen LogP contribution in [0, 0.1) is 0 Å². The quantitative estimate of drug-likeness (QED) is 0.541. The van der Waals surface area contributed by atoms with Gasteiger partial charge in [-0.3, -0.25) is 0 Å². The Balaban J connectivity index is 2.67. The van der Waals surface area contributed by atoms with Crippen molar-refractivity contribution in [1.29, 1.82) is 0 Å². The smallest absolute Gasteiger partial charge is 0.367 e. The van der Waals surface area contributed by atoms with Crippen LogP contribution in [0.4, 0.5) is 0 Å². The van der Waals surface area contributed by atoms with Crippen molar-refractivity contribution in [3.8, 4) is 0 Å². The summed E-state index contributed by atoms with van der Waals surface area (Å²) in [4.78, 5) is 0. The normalized spacial score (nSPS) is 24.2. The summed E-state index contributed by atoms with van der Waals surface area (Å²) in [7, 11) is -3.83. The van der Waals surface area contributed by atoms with Gasteiger partial charge >= 0.3 is 10.2 Å². The highest BCUT2D eigenvalue weighted by Crippen LogP contribution is 2.16. The summed E-state index contributed by atoms with van der Waals surface area (Å²) in [6.45, 7) is 0. The summed E-state index contributed by atoms with van der Waals surface area (Å²) in [6, 6.07) is 0. The lowest BCUT2D eigenvalue weighted by atomic mass is 10.2. The first-order valence-electron chi connectivity index (χ1n) is 2.90. The lowest BCUT2D eigenvalue weighted by Gasteiger charge is -2.04. The molecule has 2 aliphatic rings. The van der Waals surface area contributed by atoms with E-state index < -0.39 is 10.2 Å². The van der Waals surface area contributed by atoms with Gasteiger partial charge in [-0.2, -0.15) is 13.5 Å². The minimum Gasteiger partial charge on any atom is -0.382 e. The molecule has 8 heteroatoms. The van der Waals surface area contributed by atoms with Crippen LogP contribution in [0.5, 0.6) is 0 Å². The second-order valence-corrected chi connectivity index (χ2v) is 3.36. The molecular weight excluding hydrogens is 182 g/mol. The maximum atomic E-state index is 10.8. The van der Waals surface area contributed by atoms with Gasteiger partial charge in [0.1, 0.15) is 0 Å². The van der Waals surface area contributed by atoms with Crippen molar-refractivity contribution in [3.05, 3.63) is 11.8 Å². The maximum Gasteiger partial charge on any atom is 0.367 e. The van der Waals surface area contributed by atoms with E-state index in [9.17, 15) is 8.42 Å². The molecule has 0 saturated heterocycles. The van der Waals surface area contributed by atoms with Crippen LogP contribution in [0.2, 0.25) is 0 Å². The SMILES string of the molecule is NC1=NS(=O)(=O)N=C2N=NC=C12. The number of amidine groups is 2. The Hall–Kier alpha value is -1.57. The molecular formula is C4H3N5O2S. The number of hydrogen-bond acceptors (Lipinski definition) is 5. The predicted octanol–water partition coefficient (Wildman–Crippen LogP) is -0.650. The maximum absolute atomic E-state index is 10.8. The van der Waals surface area contributed by atoms with E-state index in [0.717, 1.165) is 0 Å². The van der Waals surface area contributed by atoms with Crippen molar-refractivity contribution in [1.82, 2.24) is 0 Å². The molecule has 7 nitrogen and oxygen atoms in total. The van der Waals surface area contributed by atoms with Crippen molar-refractivity contribution >= 4 is 21.9 Å². The van der Waals surface area contributed by atoms with Gasteiger partial charge in [0.05, 0.1) is 11.8 Å². The van der Waals surface area contributed by atoms with Crippen LogP contribution >= 0.6 is 0 Å². The number of rotatable bonds is 0. The Labute approximate surface area is 67.6 Å². The molecule has 2 rings (SSSR count). The molecule has 0 spiro atoms. The summed E-state index contributed by atoms with van der Waals surface area (Å²) in [5.41, 5.74) is 5.65.